The lowest BCUT2D eigenvalue weighted by Gasteiger charge is -2.04. The molecule has 2 rings (SSSR count). The number of carbonyl (C=O) groups excluding carboxylic acids is 1. The molecule has 0 atom stereocenters. The number of methoxy groups -OCH3 is 1. The molecule has 1 aromatic carbocycles. The summed E-state index contributed by atoms with van der Waals surface area (Å²) >= 11 is 0. The van der Waals surface area contributed by atoms with E-state index in [1.54, 1.807) is 7.11 Å². The number of ether oxygens (including phenoxy) is 1. The highest BCUT2D eigenvalue weighted by atomic mass is 16.5. The van der Waals surface area contributed by atoms with E-state index >= 15 is 0 Å². The van der Waals surface area contributed by atoms with Gasteiger partial charge < -0.3 is 10.1 Å². The zero-order valence-corrected chi connectivity index (χ0v) is 8.62. The molecule has 3 heteroatoms. The minimum Gasteiger partial charge on any atom is -0.496 e. The number of rotatable bonds is 2. The fourth-order valence-electron chi connectivity index (χ4n) is 1.65. The van der Waals surface area contributed by atoms with E-state index in [0.717, 1.165) is 29.9 Å². The fraction of sp³-hybridized carbons (Fsp3) is 0.250. The van der Waals surface area contributed by atoms with Crippen molar-refractivity contribution in [2.24, 2.45) is 0 Å². The monoisotopic (exact) mass is 203 g/mol. The highest BCUT2D eigenvalue weighted by Crippen LogP contribution is 2.22. The number of nitrogens with one attached hydrogen (secondary N) is 1. The molecule has 1 amide bonds. The lowest BCUT2D eigenvalue weighted by Crippen LogP contribution is -2.14. The van der Waals surface area contributed by atoms with Crippen LogP contribution in [0.15, 0.2) is 29.8 Å². The van der Waals surface area contributed by atoms with E-state index in [-0.39, 0.29) is 5.91 Å². The van der Waals surface area contributed by atoms with Gasteiger partial charge in [0, 0.05) is 17.7 Å². The van der Waals surface area contributed by atoms with Crippen LogP contribution in [0.5, 0.6) is 5.75 Å². The van der Waals surface area contributed by atoms with Gasteiger partial charge in [0.2, 0.25) is 5.91 Å². The van der Waals surface area contributed by atoms with Gasteiger partial charge in [-0.3, -0.25) is 4.79 Å². The summed E-state index contributed by atoms with van der Waals surface area (Å²) in [6.07, 6.45) is 2.68. The maximum Gasteiger partial charge on any atom is 0.247 e. The second kappa shape index (κ2) is 4.17. The van der Waals surface area contributed by atoms with Crippen molar-refractivity contribution in [2.45, 2.75) is 6.42 Å². The third-order valence-electron chi connectivity index (χ3n) is 2.44. The van der Waals surface area contributed by atoms with Gasteiger partial charge in [0.05, 0.1) is 7.11 Å². The van der Waals surface area contributed by atoms with Crippen molar-refractivity contribution in [1.82, 2.24) is 5.32 Å². The molecule has 1 saturated heterocycles. The lowest BCUT2D eigenvalue weighted by molar-refractivity contribution is -0.116. The molecule has 0 saturated carbocycles. The summed E-state index contributed by atoms with van der Waals surface area (Å²) in [5, 5.41) is 2.78. The molecule has 1 aliphatic rings. The fourth-order valence-corrected chi connectivity index (χ4v) is 1.65. The zero-order chi connectivity index (χ0) is 10.7. The van der Waals surface area contributed by atoms with Crippen molar-refractivity contribution in [3.8, 4) is 5.75 Å². The highest BCUT2D eigenvalue weighted by Gasteiger charge is 2.16. The smallest absolute Gasteiger partial charge is 0.247 e. The van der Waals surface area contributed by atoms with Crippen molar-refractivity contribution in [3.63, 3.8) is 0 Å². The van der Waals surface area contributed by atoms with Crippen molar-refractivity contribution < 1.29 is 9.53 Å². The van der Waals surface area contributed by atoms with Gasteiger partial charge in [-0.2, -0.15) is 0 Å². The summed E-state index contributed by atoms with van der Waals surface area (Å²) < 4.78 is 5.21. The predicted octanol–water partition coefficient (Wildman–Crippen LogP) is 1.60. The summed E-state index contributed by atoms with van der Waals surface area (Å²) in [4.78, 5) is 11.4. The van der Waals surface area contributed by atoms with Gasteiger partial charge in [-0.15, -0.1) is 0 Å². The Hall–Kier alpha value is -1.77. The molecule has 1 fully saturated rings. The van der Waals surface area contributed by atoms with Crippen LogP contribution >= 0.6 is 0 Å². The normalized spacial score (nSPS) is 17.9. The summed E-state index contributed by atoms with van der Waals surface area (Å²) in [5.41, 5.74) is 1.77. The molecule has 78 valence electrons. The van der Waals surface area contributed by atoms with Gasteiger partial charge in [-0.1, -0.05) is 18.2 Å². The molecular formula is C12H13NO2. The second-order valence-corrected chi connectivity index (χ2v) is 3.42. The van der Waals surface area contributed by atoms with Gasteiger partial charge >= 0.3 is 0 Å². The molecule has 0 unspecified atom stereocenters. The number of amides is 1. The molecule has 3 nitrogen and oxygen atoms in total. The number of carbonyl (C=O) groups is 1. The van der Waals surface area contributed by atoms with E-state index < -0.39 is 0 Å². The van der Waals surface area contributed by atoms with Crippen LogP contribution in [0.4, 0.5) is 0 Å². The first-order valence-corrected chi connectivity index (χ1v) is 4.93. The third kappa shape index (κ3) is 2.01. The first-order chi connectivity index (χ1) is 7.31. The molecule has 1 aliphatic heterocycles. The Bertz CT molecular complexity index is 410. The largest absolute Gasteiger partial charge is 0.496 e. The highest BCUT2D eigenvalue weighted by molar-refractivity contribution is 6.00. The molecule has 1 N–H and O–H groups in total. The Balaban J connectivity index is 2.34. The van der Waals surface area contributed by atoms with Crippen molar-refractivity contribution in [3.05, 3.63) is 35.4 Å². The van der Waals surface area contributed by atoms with Gasteiger partial charge in [-0.05, 0) is 18.6 Å². The van der Waals surface area contributed by atoms with Crippen molar-refractivity contribution in [2.75, 3.05) is 13.7 Å². The predicted molar refractivity (Wildman–Crippen MR) is 58.6 cm³/mol. The number of hydrogen-bond acceptors (Lipinski definition) is 2. The van der Waals surface area contributed by atoms with Gasteiger partial charge in [0.25, 0.3) is 0 Å². The molecule has 0 spiro atoms. The SMILES string of the molecule is COc1ccccc1/C=C1/CCNC1=O. The second-order valence-electron chi connectivity index (χ2n) is 3.42. The lowest BCUT2D eigenvalue weighted by atomic mass is 10.1. The standard InChI is InChI=1S/C12H13NO2/c1-15-11-5-3-2-4-9(11)8-10-6-7-13-12(10)14/h2-5,8H,6-7H2,1H3,(H,13,14)/b10-8-. The summed E-state index contributed by atoms with van der Waals surface area (Å²) in [5.74, 6) is 0.825. The summed E-state index contributed by atoms with van der Waals surface area (Å²) in [6, 6.07) is 7.67. The van der Waals surface area contributed by atoms with Gasteiger partial charge in [0.1, 0.15) is 5.75 Å². The molecule has 0 bridgehead atoms. The Kier molecular flexibility index (Phi) is 2.72. The van der Waals surface area contributed by atoms with E-state index in [2.05, 4.69) is 5.32 Å². The maximum absolute atomic E-state index is 11.4. The Labute approximate surface area is 88.8 Å². The summed E-state index contributed by atoms with van der Waals surface area (Å²) in [7, 11) is 1.63. The van der Waals surface area contributed by atoms with Crippen LogP contribution < -0.4 is 10.1 Å². The van der Waals surface area contributed by atoms with E-state index in [1.165, 1.54) is 0 Å². The van der Waals surface area contributed by atoms with E-state index in [1.807, 2.05) is 30.3 Å². The topological polar surface area (TPSA) is 38.3 Å². The average Bonchev–Trinajstić information content (AvgIpc) is 2.65. The molecule has 0 aliphatic carbocycles. The average molecular weight is 203 g/mol. The molecule has 0 aromatic heterocycles. The minimum absolute atomic E-state index is 0.0286. The molecule has 0 radical (unpaired) electrons. The van der Waals surface area contributed by atoms with Crippen LogP contribution in [-0.2, 0) is 4.79 Å². The van der Waals surface area contributed by atoms with Crippen LogP contribution in [0.1, 0.15) is 12.0 Å². The number of hydrogen-bond donors (Lipinski definition) is 1. The molecule has 1 aromatic rings. The molecule has 1 heterocycles. The Morgan fingerprint density at radius 1 is 1.40 bits per heavy atom. The van der Waals surface area contributed by atoms with Crippen LogP contribution in [0, 0.1) is 0 Å². The zero-order valence-electron chi connectivity index (χ0n) is 8.62. The quantitative estimate of drug-likeness (QED) is 0.741. The number of benzene rings is 1. The Morgan fingerprint density at radius 2 is 2.20 bits per heavy atom. The van der Waals surface area contributed by atoms with Crippen molar-refractivity contribution >= 4 is 12.0 Å². The van der Waals surface area contributed by atoms with Crippen LogP contribution in [0.25, 0.3) is 6.08 Å². The minimum atomic E-state index is 0.0286. The molecular weight excluding hydrogens is 190 g/mol. The van der Waals surface area contributed by atoms with Crippen LogP contribution in [0.2, 0.25) is 0 Å². The van der Waals surface area contributed by atoms with E-state index in [9.17, 15) is 4.79 Å². The summed E-state index contributed by atoms with van der Waals surface area (Å²) in [6.45, 7) is 0.736. The van der Waals surface area contributed by atoms with Crippen LogP contribution in [0.3, 0.4) is 0 Å². The third-order valence-corrected chi connectivity index (χ3v) is 2.44. The van der Waals surface area contributed by atoms with Crippen molar-refractivity contribution in [1.29, 1.82) is 0 Å². The van der Waals surface area contributed by atoms with Gasteiger partial charge in [0.15, 0.2) is 0 Å². The number of para-hydroxylation sites is 1. The Morgan fingerprint density at radius 3 is 2.87 bits per heavy atom. The maximum atomic E-state index is 11.4. The van der Waals surface area contributed by atoms with E-state index in [4.69, 9.17) is 4.74 Å². The van der Waals surface area contributed by atoms with Crippen LogP contribution in [-0.4, -0.2) is 19.6 Å². The molecule has 15 heavy (non-hydrogen) atoms. The first-order valence-electron chi connectivity index (χ1n) is 4.93. The first kappa shape index (κ1) is 9.77. The van der Waals surface area contributed by atoms with E-state index in [0.29, 0.717) is 0 Å². The van der Waals surface area contributed by atoms with Gasteiger partial charge in [-0.25, -0.2) is 0 Å².